The van der Waals surface area contributed by atoms with Crippen LogP contribution in [0.3, 0.4) is 0 Å². The van der Waals surface area contributed by atoms with Gasteiger partial charge in [-0.15, -0.1) is 0 Å². The highest BCUT2D eigenvalue weighted by molar-refractivity contribution is 7.22. The lowest BCUT2D eigenvalue weighted by Gasteiger charge is -2.38. The standard InChI is InChI=1S/C18H13N3O2S/c19-9-12-5-7-13(8-6-12)17(22)23-14-10-21(11-14)18-20-15-3-1-2-4-16(15)24-18/h1-8,14H,10-11H2. The quantitative estimate of drug-likeness (QED) is 0.688. The molecule has 1 aromatic heterocycles. The number of esters is 1. The molecular formula is C18H13N3O2S. The largest absolute Gasteiger partial charge is 0.455 e. The molecule has 0 radical (unpaired) electrons. The third kappa shape index (κ3) is 2.70. The maximum Gasteiger partial charge on any atom is 0.338 e. The number of ether oxygens (including phenoxy) is 1. The molecule has 0 spiro atoms. The summed E-state index contributed by atoms with van der Waals surface area (Å²) in [5, 5.41) is 9.73. The molecule has 0 N–H and O–H groups in total. The molecule has 118 valence electrons. The molecule has 0 atom stereocenters. The molecule has 24 heavy (non-hydrogen) atoms. The number of nitrogens with zero attached hydrogens (tertiary/aromatic N) is 3. The predicted molar refractivity (Wildman–Crippen MR) is 92.2 cm³/mol. The summed E-state index contributed by atoms with van der Waals surface area (Å²) in [4.78, 5) is 18.8. The zero-order valence-corrected chi connectivity index (χ0v) is 13.5. The maximum atomic E-state index is 12.1. The second kappa shape index (κ2) is 5.95. The lowest BCUT2D eigenvalue weighted by atomic mass is 10.1. The first kappa shape index (κ1) is 14.7. The number of para-hydroxylation sites is 1. The normalized spacial score (nSPS) is 14.2. The molecular weight excluding hydrogens is 322 g/mol. The smallest absolute Gasteiger partial charge is 0.338 e. The molecule has 1 aliphatic rings. The monoisotopic (exact) mass is 335 g/mol. The van der Waals surface area contributed by atoms with E-state index in [0.717, 1.165) is 15.3 Å². The number of fused-ring (bicyclic) bond motifs is 1. The van der Waals surface area contributed by atoms with Gasteiger partial charge in [-0.2, -0.15) is 5.26 Å². The Hall–Kier alpha value is -2.91. The Morgan fingerprint density at radius 2 is 1.96 bits per heavy atom. The summed E-state index contributed by atoms with van der Waals surface area (Å²) >= 11 is 1.65. The van der Waals surface area contributed by atoms with Crippen molar-refractivity contribution in [1.82, 2.24) is 4.98 Å². The summed E-state index contributed by atoms with van der Waals surface area (Å²) in [6.07, 6.45) is -0.125. The molecule has 2 heterocycles. The summed E-state index contributed by atoms with van der Waals surface area (Å²) in [5.74, 6) is -0.353. The molecule has 2 aromatic carbocycles. The third-order valence-electron chi connectivity index (χ3n) is 3.92. The van der Waals surface area contributed by atoms with E-state index in [1.165, 1.54) is 0 Å². The lowest BCUT2D eigenvalue weighted by molar-refractivity contribution is 0.0234. The van der Waals surface area contributed by atoms with Crippen molar-refractivity contribution in [3.8, 4) is 6.07 Å². The topological polar surface area (TPSA) is 66.2 Å². The number of thiazole rings is 1. The zero-order chi connectivity index (χ0) is 16.5. The average molecular weight is 335 g/mol. The first-order valence-electron chi connectivity index (χ1n) is 7.54. The van der Waals surface area contributed by atoms with E-state index in [0.29, 0.717) is 24.2 Å². The second-order valence-electron chi connectivity index (χ2n) is 5.59. The van der Waals surface area contributed by atoms with Crippen LogP contribution in [0.25, 0.3) is 10.2 Å². The van der Waals surface area contributed by atoms with Crippen molar-refractivity contribution in [2.24, 2.45) is 0 Å². The minimum atomic E-state index is -0.353. The number of carbonyl (C=O) groups excluding carboxylic acids is 1. The van der Waals surface area contributed by atoms with Gasteiger partial charge in [0, 0.05) is 0 Å². The highest BCUT2D eigenvalue weighted by Crippen LogP contribution is 2.31. The van der Waals surface area contributed by atoms with Crippen molar-refractivity contribution in [3.05, 3.63) is 59.7 Å². The number of aromatic nitrogens is 1. The van der Waals surface area contributed by atoms with Crippen LogP contribution in [-0.4, -0.2) is 30.1 Å². The van der Waals surface area contributed by atoms with Gasteiger partial charge in [0.1, 0.15) is 6.10 Å². The van der Waals surface area contributed by atoms with Gasteiger partial charge in [-0.05, 0) is 36.4 Å². The van der Waals surface area contributed by atoms with Gasteiger partial charge in [0.25, 0.3) is 0 Å². The minimum absolute atomic E-state index is 0.125. The Morgan fingerprint density at radius 1 is 1.21 bits per heavy atom. The number of carbonyl (C=O) groups is 1. The Balaban J connectivity index is 1.37. The van der Waals surface area contributed by atoms with Crippen molar-refractivity contribution >= 4 is 32.7 Å². The first-order chi connectivity index (χ1) is 11.7. The van der Waals surface area contributed by atoms with E-state index in [4.69, 9.17) is 10.00 Å². The molecule has 1 aliphatic heterocycles. The van der Waals surface area contributed by atoms with E-state index in [-0.39, 0.29) is 12.1 Å². The highest BCUT2D eigenvalue weighted by atomic mass is 32.1. The number of nitriles is 1. The van der Waals surface area contributed by atoms with Crippen LogP contribution in [0, 0.1) is 11.3 Å². The van der Waals surface area contributed by atoms with Gasteiger partial charge in [0.05, 0.1) is 40.5 Å². The Kier molecular flexibility index (Phi) is 3.63. The molecule has 4 rings (SSSR count). The van der Waals surface area contributed by atoms with Crippen LogP contribution in [0.1, 0.15) is 15.9 Å². The summed E-state index contributed by atoms with van der Waals surface area (Å²) in [7, 11) is 0. The van der Waals surface area contributed by atoms with E-state index in [1.54, 1.807) is 35.6 Å². The molecule has 0 amide bonds. The van der Waals surface area contributed by atoms with E-state index in [9.17, 15) is 4.79 Å². The van der Waals surface area contributed by atoms with E-state index < -0.39 is 0 Å². The number of benzene rings is 2. The number of anilines is 1. The lowest BCUT2D eigenvalue weighted by Crippen LogP contribution is -2.53. The third-order valence-corrected chi connectivity index (χ3v) is 5.02. The Bertz CT molecular complexity index is 904. The summed E-state index contributed by atoms with van der Waals surface area (Å²) in [5.41, 5.74) is 1.99. The first-order valence-corrected chi connectivity index (χ1v) is 8.36. The van der Waals surface area contributed by atoms with E-state index in [2.05, 4.69) is 16.0 Å². The molecule has 0 aliphatic carbocycles. The molecule has 1 fully saturated rings. The summed E-state index contributed by atoms with van der Waals surface area (Å²) in [6, 6.07) is 16.5. The minimum Gasteiger partial charge on any atom is -0.455 e. The van der Waals surface area contributed by atoms with Crippen molar-refractivity contribution < 1.29 is 9.53 Å². The van der Waals surface area contributed by atoms with Gasteiger partial charge in [-0.1, -0.05) is 23.5 Å². The molecule has 6 heteroatoms. The Morgan fingerprint density at radius 3 is 2.67 bits per heavy atom. The summed E-state index contributed by atoms with van der Waals surface area (Å²) in [6.45, 7) is 1.31. The van der Waals surface area contributed by atoms with Crippen LogP contribution in [0.4, 0.5) is 5.13 Å². The average Bonchev–Trinajstić information content (AvgIpc) is 3.01. The molecule has 5 nitrogen and oxygen atoms in total. The summed E-state index contributed by atoms with van der Waals surface area (Å²) < 4.78 is 6.64. The Labute approximate surface area is 142 Å². The zero-order valence-electron chi connectivity index (χ0n) is 12.7. The van der Waals surface area contributed by atoms with Gasteiger partial charge >= 0.3 is 5.97 Å². The van der Waals surface area contributed by atoms with E-state index >= 15 is 0 Å². The molecule has 0 unspecified atom stereocenters. The fraction of sp³-hybridized carbons (Fsp3) is 0.167. The van der Waals surface area contributed by atoms with Gasteiger partial charge in [-0.3, -0.25) is 0 Å². The number of rotatable bonds is 3. The van der Waals surface area contributed by atoms with Crippen LogP contribution >= 0.6 is 11.3 Å². The van der Waals surface area contributed by atoms with Crippen LogP contribution < -0.4 is 4.90 Å². The van der Waals surface area contributed by atoms with Gasteiger partial charge in [0.15, 0.2) is 5.13 Å². The van der Waals surface area contributed by atoms with Crippen LogP contribution in [-0.2, 0) is 4.74 Å². The predicted octanol–water partition coefficient (Wildman–Crippen LogP) is 3.21. The van der Waals surface area contributed by atoms with Crippen molar-refractivity contribution in [3.63, 3.8) is 0 Å². The molecule has 1 saturated heterocycles. The maximum absolute atomic E-state index is 12.1. The van der Waals surface area contributed by atoms with E-state index in [1.807, 2.05) is 24.3 Å². The number of hydrogen-bond acceptors (Lipinski definition) is 6. The van der Waals surface area contributed by atoms with Gasteiger partial charge in [0.2, 0.25) is 0 Å². The van der Waals surface area contributed by atoms with Gasteiger partial charge < -0.3 is 9.64 Å². The van der Waals surface area contributed by atoms with Crippen molar-refractivity contribution in [1.29, 1.82) is 5.26 Å². The highest BCUT2D eigenvalue weighted by Gasteiger charge is 2.32. The van der Waals surface area contributed by atoms with Gasteiger partial charge in [-0.25, -0.2) is 9.78 Å². The fourth-order valence-corrected chi connectivity index (χ4v) is 3.55. The molecule has 3 aromatic rings. The molecule has 0 saturated carbocycles. The van der Waals surface area contributed by atoms with Crippen LogP contribution in [0.2, 0.25) is 0 Å². The van der Waals surface area contributed by atoms with Crippen molar-refractivity contribution in [2.75, 3.05) is 18.0 Å². The van der Waals surface area contributed by atoms with Crippen molar-refractivity contribution in [2.45, 2.75) is 6.10 Å². The SMILES string of the molecule is N#Cc1ccc(C(=O)OC2CN(c3nc4ccccc4s3)C2)cc1. The second-order valence-corrected chi connectivity index (χ2v) is 6.59. The number of hydrogen-bond donors (Lipinski definition) is 0. The molecule has 0 bridgehead atoms. The van der Waals surface area contributed by atoms with Crippen LogP contribution in [0.15, 0.2) is 48.5 Å². The van der Waals surface area contributed by atoms with Crippen LogP contribution in [0.5, 0.6) is 0 Å². The fourth-order valence-electron chi connectivity index (χ4n) is 2.56.